The molecule has 1 amide bonds. The van der Waals surface area contributed by atoms with Gasteiger partial charge in [-0.2, -0.15) is 5.10 Å². The van der Waals surface area contributed by atoms with Crippen molar-refractivity contribution in [2.75, 3.05) is 19.6 Å². The predicted octanol–water partition coefficient (Wildman–Crippen LogP) is 1.57. The maximum Gasteiger partial charge on any atom is 0.278 e. The first-order valence-corrected chi connectivity index (χ1v) is 7.12. The molecule has 3 rings (SSSR count). The number of carbonyl (C=O) groups excluding carboxylic acids is 1. The molecule has 1 saturated heterocycles. The van der Waals surface area contributed by atoms with Crippen LogP contribution in [0.15, 0.2) is 30.5 Å². The number of nitrogens with one attached hydrogen (secondary N) is 1. The SMILES string of the molecule is C[C@@H]1CN(C(=O)c2nn(-c3ccccc3F)cc2O)CCN1.Cl. The number of para-hydroxylation sites is 1. The topological polar surface area (TPSA) is 70.4 Å². The molecule has 0 bridgehead atoms. The van der Waals surface area contributed by atoms with Gasteiger partial charge < -0.3 is 15.3 Å². The Morgan fingerprint density at radius 1 is 1.43 bits per heavy atom. The van der Waals surface area contributed by atoms with E-state index in [0.29, 0.717) is 19.6 Å². The molecule has 1 aliphatic rings. The van der Waals surface area contributed by atoms with E-state index in [1.54, 1.807) is 17.0 Å². The molecule has 1 fully saturated rings. The van der Waals surface area contributed by atoms with E-state index in [4.69, 9.17) is 0 Å². The number of aromatic hydroxyl groups is 1. The first kappa shape index (κ1) is 17.2. The fraction of sp³-hybridized carbons (Fsp3) is 0.333. The smallest absolute Gasteiger partial charge is 0.278 e. The van der Waals surface area contributed by atoms with Crippen molar-refractivity contribution < 1.29 is 14.3 Å². The zero-order chi connectivity index (χ0) is 15.7. The number of benzene rings is 1. The number of amides is 1. The molecular weight excluding hydrogens is 323 g/mol. The molecule has 1 aliphatic heterocycles. The maximum atomic E-state index is 13.8. The summed E-state index contributed by atoms with van der Waals surface area (Å²) in [5.41, 5.74) is 0.128. The molecule has 0 aliphatic carbocycles. The number of aromatic nitrogens is 2. The molecule has 0 radical (unpaired) electrons. The van der Waals surface area contributed by atoms with E-state index in [1.165, 1.54) is 23.0 Å². The summed E-state index contributed by atoms with van der Waals surface area (Å²) in [5, 5.41) is 17.3. The minimum absolute atomic E-state index is 0. The van der Waals surface area contributed by atoms with E-state index in [1.807, 2.05) is 6.92 Å². The molecule has 0 saturated carbocycles. The lowest BCUT2D eigenvalue weighted by Gasteiger charge is -2.31. The molecule has 1 aromatic heterocycles. The van der Waals surface area contributed by atoms with Crippen LogP contribution in [0.1, 0.15) is 17.4 Å². The molecule has 124 valence electrons. The normalized spacial score (nSPS) is 17.7. The highest BCUT2D eigenvalue weighted by atomic mass is 35.5. The van der Waals surface area contributed by atoms with Crippen molar-refractivity contribution in [1.82, 2.24) is 20.0 Å². The maximum absolute atomic E-state index is 13.8. The number of carbonyl (C=O) groups is 1. The molecule has 0 spiro atoms. The van der Waals surface area contributed by atoms with Crippen molar-refractivity contribution in [3.63, 3.8) is 0 Å². The summed E-state index contributed by atoms with van der Waals surface area (Å²) in [5.74, 6) is -1.07. The van der Waals surface area contributed by atoms with Crippen molar-refractivity contribution in [3.05, 3.63) is 42.0 Å². The highest BCUT2D eigenvalue weighted by molar-refractivity contribution is 5.95. The molecule has 2 aromatic rings. The van der Waals surface area contributed by atoms with Crippen LogP contribution < -0.4 is 5.32 Å². The van der Waals surface area contributed by atoms with Crippen LogP contribution in [-0.2, 0) is 0 Å². The van der Waals surface area contributed by atoms with Gasteiger partial charge >= 0.3 is 0 Å². The number of rotatable bonds is 2. The summed E-state index contributed by atoms with van der Waals surface area (Å²) in [4.78, 5) is 14.1. The van der Waals surface area contributed by atoms with Gasteiger partial charge in [0.2, 0.25) is 0 Å². The van der Waals surface area contributed by atoms with E-state index in [-0.39, 0.29) is 41.5 Å². The fourth-order valence-corrected chi connectivity index (χ4v) is 2.54. The number of hydrogen-bond acceptors (Lipinski definition) is 4. The van der Waals surface area contributed by atoms with Gasteiger partial charge in [-0.1, -0.05) is 12.1 Å². The Bertz CT molecular complexity index is 707. The van der Waals surface area contributed by atoms with Crippen LogP contribution in [0.3, 0.4) is 0 Å². The quantitative estimate of drug-likeness (QED) is 0.870. The first-order chi connectivity index (χ1) is 10.6. The zero-order valence-corrected chi connectivity index (χ0v) is 13.4. The van der Waals surface area contributed by atoms with Gasteiger partial charge in [0, 0.05) is 25.7 Å². The predicted molar refractivity (Wildman–Crippen MR) is 85.8 cm³/mol. The van der Waals surface area contributed by atoms with Gasteiger partial charge in [-0.3, -0.25) is 4.79 Å². The Labute approximate surface area is 139 Å². The van der Waals surface area contributed by atoms with Gasteiger partial charge in [-0.15, -0.1) is 12.4 Å². The largest absolute Gasteiger partial charge is 0.504 e. The van der Waals surface area contributed by atoms with Gasteiger partial charge in [-0.25, -0.2) is 9.07 Å². The van der Waals surface area contributed by atoms with E-state index in [2.05, 4.69) is 10.4 Å². The number of nitrogens with zero attached hydrogens (tertiary/aromatic N) is 3. The van der Waals surface area contributed by atoms with Gasteiger partial charge in [0.05, 0.1) is 6.20 Å². The Hall–Kier alpha value is -2.12. The van der Waals surface area contributed by atoms with Crippen LogP contribution in [0.4, 0.5) is 4.39 Å². The summed E-state index contributed by atoms with van der Waals surface area (Å²) in [7, 11) is 0. The molecule has 6 nitrogen and oxygen atoms in total. The highest BCUT2D eigenvalue weighted by Gasteiger charge is 2.26. The lowest BCUT2D eigenvalue weighted by Crippen LogP contribution is -2.51. The first-order valence-electron chi connectivity index (χ1n) is 7.12. The molecule has 2 N–H and O–H groups in total. The number of piperazine rings is 1. The zero-order valence-electron chi connectivity index (χ0n) is 12.6. The second-order valence-corrected chi connectivity index (χ2v) is 5.37. The van der Waals surface area contributed by atoms with E-state index >= 15 is 0 Å². The lowest BCUT2D eigenvalue weighted by molar-refractivity contribution is 0.0699. The van der Waals surface area contributed by atoms with Crippen LogP contribution in [0.2, 0.25) is 0 Å². The summed E-state index contributed by atoms with van der Waals surface area (Å²) in [6.45, 7) is 3.78. The third-order valence-electron chi connectivity index (χ3n) is 3.65. The van der Waals surface area contributed by atoms with Crippen LogP contribution in [0, 0.1) is 5.82 Å². The van der Waals surface area contributed by atoms with Crippen LogP contribution in [-0.4, -0.2) is 51.4 Å². The Morgan fingerprint density at radius 3 is 2.87 bits per heavy atom. The third kappa shape index (κ3) is 3.46. The molecule has 8 heteroatoms. The minimum atomic E-state index is -0.472. The number of halogens is 2. The minimum Gasteiger partial charge on any atom is -0.504 e. The molecule has 23 heavy (non-hydrogen) atoms. The molecule has 2 heterocycles. The standard InChI is InChI=1S/C15H17FN4O2.ClH/c1-10-8-19(7-6-17-10)15(22)14-13(21)9-20(18-14)12-5-3-2-4-11(12)16;/h2-5,9-10,17,21H,6-8H2,1H3;1H/t10-;/m1./s1. The fourth-order valence-electron chi connectivity index (χ4n) is 2.54. The summed E-state index contributed by atoms with van der Waals surface area (Å²) in [6, 6.07) is 6.25. The van der Waals surface area contributed by atoms with Crippen LogP contribution in [0.25, 0.3) is 5.69 Å². The van der Waals surface area contributed by atoms with E-state index in [9.17, 15) is 14.3 Å². The van der Waals surface area contributed by atoms with Crippen molar-refractivity contribution in [2.45, 2.75) is 13.0 Å². The highest BCUT2D eigenvalue weighted by Crippen LogP contribution is 2.21. The summed E-state index contributed by atoms with van der Waals surface area (Å²) >= 11 is 0. The van der Waals surface area contributed by atoms with Crippen molar-refractivity contribution in [1.29, 1.82) is 0 Å². The molecular formula is C15H18ClFN4O2. The molecule has 1 atom stereocenters. The lowest BCUT2D eigenvalue weighted by atomic mass is 10.2. The monoisotopic (exact) mass is 340 g/mol. The Balaban J connectivity index is 0.00000192. The Morgan fingerprint density at radius 2 is 2.17 bits per heavy atom. The molecule has 0 unspecified atom stereocenters. The van der Waals surface area contributed by atoms with Crippen molar-refractivity contribution in [2.24, 2.45) is 0 Å². The van der Waals surface area contributed by atoms with Gasteiger partial charge in [0.15, 0.2) is 11.4 Å². The van der Waals surface area contributed by atoms with Crippen LogP contribution in [0.5, 0.6) is 5.75 Å². The van der Waals surface area contributed by atoms with Crippen molar-refractivity contribution in [3.8, 4) is 11.4 Å². The van der Waals surface area contributed by atoms with Gasteiger partial charge in [0.25, 0.3) is 5.91 Å². The van der Waals surface area contributed by atoms with E-state index < -0.39 is 5.82 Å². The summed E-state index contributed by atoms with van der Waals surface area (Å²) in [6.07, 6.45) is 1.25. The van der Waals surface area contributed by atoms with E-state index in [0.717, 1.165) is 0 Å². The van der Waals surface area contributed by atoms with Gasteiger partial charge in [-0.05, 0) is 19.1 Å². The molecule has 1 aromatic carbocycles. The second-order valence-electron chi connectivity index (χ2n) is 5.37. The summed E-state index contributed by atoms with van der Waals surface area (Å²) < 4.78 is 15.0. The van der Waals surface area contributed by atoms with Crippen molar-refractivity contribution >= 4 is 18.3 Å². The van der Waals surface area contributed by atoms with Crippen LogP contribution >= 0.6 is 12.4 Å². The average molecular weight is 341 g/mol. The van der Waals surface area contributed by atoms with Gasteiger partial charge in [0.1, 0.15) is 11.5 Å². The average Bonchev–Trinajstić information content (AvgIpc) is 2.88. The third-order valence-corrected chi connectivity index (χ3v) is 3.65. The second kappa shape index (κ2) is 6.97. The Kier molecular flexibility index (Phi) is 5.23. The number of hydrogen-bond donors (Lipinski definition) is 2.